The summed E-state index contributed by atoms with van der Waals surface area (Å²) in [4.78, 5) is 16.4. The molecule has 0 fully saturated rings. The minimum Gasteiger partial charge on any atom is -0.355 e. The molecule has 3 aliphatic rings. The van der Waals surface area contributed by atoms with E-state index in [1.165, 1.54) is 0 Å². The van der Waals surface area contributed by atoms with Crippen LogP contribution in [0, 0.1) is 0 Å². The number of rotatable bonds is 3. The Morgan fingerprint density at radius 2 is 1.33 bits per heavy atom. The molecule has 0 saturated carbocycles. The van der Waals surface area contributed by atoms with Crippen molar-refractivity contribution in [3.05, 3.63) is 83.1 Å². The van der Waals surface area contributed by atoms with E-state index in [4.69, 9.17) is 0 Å². The van der Waals surface area contributed by atoms with E-state index in [0.717, 1.165) is 34.2 Å². The highest BCUT2D eigenvalue weighted by Crippen LogP contribution is 2.17. The molecule has 0 atom stereocenters. The summed E-state index contributed by atoms with van der Waals surface area (Å²) in [5.74, 6) is 0. The highest BCUT2D eigenvalue weighted by atomic mass is 35.5. The van der Waals surface area contributed by atoms with Crippen LogP contribution in [-0.2, 0) is 0 Å². The maximum Gasteiger partial charge on any atom is 0.0659 e. The lowest BCUT2D eigenvalue weighted by atomic mass is 10.3. The second-order valence-electron chi connectivity index (χ2n) is 5.22. The zero-order valence-corrected chi connectivity index (χ0v) is 13.6. The number of aromatic nitrogens is 1. The van der Waals surface area contributed by atoms with Crippen LogP contribution >= 0.6 is 12.4 Å². The largest absolute Gasteiger partial charge is 0.355 e. The van der Waals surface area contributed by atoms with Crippen molar-refractivity contribution < 1.29 is 0 Å². The molecule has 0 unspecified atom stereocenters. The van der Waals surface area contributed by atoms with E-state index < -0.39 is 0 Å². The molecule has 3 aliphatic heterocycles. The predicted molar refractivity (Wildman–Crippen MR) is 104 cm³/mol. The molecule has 24 heavy (non-hydrogen) atoms. The first-order chi connectivity index (χ1) is 11.3. The Morgan fingerprint density at radius 3 is 1.96 bits per heavy atom. The lowest BCUT2D eigenvalue weighted by molar-refractivity contribution is 1.32. The Labute approximate surface area is 146 Å². The molecule has 1 N–H and O–H groups in total. The van der Waals surface area contributed by atoms with E-state index >= 15 is 0 Å². The van der Waals surface area contributed by atoms with E-state index in [1.54, 1.807) is 12.4 Å². The van der Waals surface area contributed by atoms with Crippen LogP contribution in [-0.4, -0.2) is 23.1 Å². The number of hydrogen-bond donors (Lipinski definition) is 1. The zero-order valence-electron chi connectivity index (χ0n) is 12.8. The minimum atomic E-state index is 0. The number of hydrogen-bond acceptors (Lipinski definition) is 3. The molecule has 0 spiro atoms. The second-order valence-corrected chi connectivity index (χ2v) is 5.22. The van der Waals surface area contributed by atoms with E-state index in [-0.39, 0.29) is 12.4 Å². The Balaban J connectivity index is 0.00000169. The van der Waals surface area contributed by atoms with Gasteiger partial charge in [-0.1, -0.05) is 0 Å². The summed E-state index contributed by atoms with van der Waals surface area (Å²) >= 11 is 0. The van der Waals surface area contributed by atoms with E-state index in [2.05, 4.69) is 20.0 Å². The van der Waals surface area contributed by atoms with Gasteiger partial charge in [0.05, 0.1) is 22.8 Å². The second kappa shape index (κ2) is 7.06. The van der Waals surface area contributed by atoms with Gasteiger partial charge >= 0.3 is 0 Å². The maximum absolute atomic E-state index is 4.57. The molecule has 4 rings (SSSR count). The fourth-order valence-electron chi connectivity index (χ4n) is 2.42. The summed E-state index contributed by atoms with van der Waals surface area (Å²) in [6.07, 6.45) is 21.3. The van der Waals surface area contributed by atoms with Gasteiger partial charge in [0.25, 0.3) is 0 Å². The van der Waals surface area contributed by atoms with Gasteiger partial charge in [-0.3, -0.25) is 9.98 Å². The van der Waals surface area contributed by atoms with E-state index in [9.17, 15) is 0 Å². The van der Waals surface area contributed by atoms with Crippen LogP contribution in [0.4, 0.5) is 0 Å². The lowest BCUT2D eigenvalue weighted by Crippen LogP contribution is -1.84. The van der Waals surface area contributed by atoms with E-state index in [1.807, 2.05) is 66.8 Å². The maximum atomic E-state index is 4.57. The van der Waals surface area contributed by atoms with Crippen molar-refractivity contribution in [3.8, 4) is 0 Å². The normalized spacial score (nSPS) is 22.3. The third-order valence-electron chi connectivity index (χ3n) is 3.47. The van der Waals surface area contributed by atoms with Crippen molar-refractivity contribution in [1.82, 2.24) is 4.98 Å². The highest BCUT2D eigenvalue weighted by Gasteiger charge is 2.05. The molecule has 0 aliphatic carbocycles. The van der Waals surface area contributed by atoms with E-state index in [0.29, 0.717) is 0 Å². The fraction of sp³-hybridized carbons (Fsp3) is 0. The number of allylic oxidation sites excluding steroid dienone is 7. The molecule has 1 aromatic rings. The monoisotopic (exact) mass is 334 g/mol. The number of aromatic amines is 1. The van der Waals surface area contributed by atoms with Gasteiger partial charge < -0.3 is 4.98 Å². The van der Waals surface area contributed by atoms with Gasteiger partial charge in [-0.05, 0) is 66.8 Å². The standard InChI is InChI=1S/C19H14N4.ClH/c1-3-14(20-9-1)11-16-5-7-18(22-16)13-19-8-6-17(23-19)12-15-4-2-10-21-15;/h1-13,22H;1H/b14-11?,15-12+,19-13-;. The molecule has 5 heteroatoms. The van der Waals surface area contributed by atoms with Crippen LogP contribution in [0.5, 0.6) is 0 Å². The van der Waals surface area contributed by atoms with Crippen molar-refractivity contribution in [2.75, 3.05) is 0 Å². The number of aliphatic imine (C=N–C) groups is 3. The molecule has 0 aromatic carbocycles. The number of nitrogens with zero attached hydrogens (tertiary/aromatic N) is 3. The van der Waals surface area contributed by atoms with Gasteiger partial charge in [0.2, 0.25) is 0 Å². The summed E-state index contributed by atoms with van der Waals surface area (Å²) < 4.78 is 0. The van der Waals surface area contributed by atoms with Gasteiger partial charge in [0, 0.05) is 23.8 Å². The van der Waals surface area contributed by atoms with Crippen LogP contribution in [0.15, 0.2) is 86.7 Å². The first-order valence-corrected chi connectivity index (χ1v) is 7.37. The van der Waals surface area contributed by atoms with Crippen molar-refractivity contribution in [1.29, 1.82) is 0 Å². The van der Waals surface area contributed by atoms with Gasteiger partial charge in [0.1, 0.15) is 0 Å². The number of halogens is 1. The van der Waals surface area contributed by atoms with Crippen LogP contribution in [0.25, 0.3) is 12.2 Å². The molecule has 0 bridgehead atoms. The topological polar surface area (TPSA) is 52.9 Å². The van der Waals surface area contributed by atoms with Crippen molar-refractivity contribution in [3.63, 3.8) is 0 Å². The molecular weight excluding hydrogens is 320 g/mol. The molecule has 0 saturated heterocycles. The van der Waals surface area contributed by atoms with Crippen LogP contribution in [0.2, 0.25) is 0 Å². The Morgan fingerprint density at radius 1 is 0.708 bits per heavy atom. The van der Waals surface area contributed by atoms with Gasteiger partial charge in [-0.15, -0.1) is 12.4 Å². The summed E-state index contributed by atoms with van der Waals surface area (Å²) in [6, 6.07) is 4.07. The summed E-state index contributed by atoms with van der Waals surface area (Å²) in [5.41, 5.74) is 5.74. The molecule has 118 valence electrons. The molecule has 0 radical (unpaired) electrons. The molecular formula is C19H15ClN4. The van der Waals surface area contributed by atoms with Crippen LogP contribution in [0.1, 0.15) is 11.4 Å². The summed E-state index contributed by atoms with van der Waals surface area (Å²) in [6.45, 7) is 0. The molecule has 4 nitrogen and oxygen atoms in total. The van der Waals surface area contributed by atoms with Gasteiger partial charge in [-0.2, -0.15) is 0 Å². The molecule has 4 heterocycles. The minimum absolute atomic E-state index is 0. The van der Waals surface area contributed by atoms with Crippen LogP contribution < -0.4 is 0 Å². The van der Waals surface area contributed by atoms with Gasteiger partial charge in [0.15, 0.2) is 0 Å². The quantitative estimate of drug-likeness (QED) is 0.857. The van der Waals surface area contributed by atoms with Crippen molar-refractivity contribution in [2.24, 2.45) is 15.0 Å². The van der Waals surface area contributed by atoms with Crippen molar-refractivity contribution >= 4 is 42.7 Å². The smallest absolute Gasteiger partial charge is 0.0659 e. The zero-order chi connectivity index (χ0) is 15.5. The third-order valence-corrected chi connectivity index (χ3v) is 3.47. The number of nitrogens with one attached hydrogen (secondary N) is 1. The summed E-state index contributed by atoms with van der Waals surface area (Å²) in [5, 5.41) is 0. The number of H-pyrrole nitrogens is 1. The first-order valence-electron chi connectivity index (χ1n) is 7.37. The summed E-state index contributed by atoms with van der Waals surface area (Å²) in [7, 11) is 0. The molecule has 0 amide bonds. The predicted octanol–water partition coefficient (Wildman–Crippen LogP) is 4.29. The average molecular weight is 335 g/mol. The Hall–Kier alpha value is -2.98. The highest BCUT2D eigenvalue weighted by molar-refractivity contribution is 6.08. The first kappa shape index (κ1) is 15.9. The van der Waals surface area contributed by atoms with Gasteiger partial charge in [-0.25, -0.2) is 4.99 Å². The average Bonchev–Trinajstić information content (AvgIpc) is 3.31. The third kappa shape index (κ3) is 3.67. The Kier molecular flexibility index (Phi) is 4.68. The van der Waals surface area contributed by atoms with Crippen molar-refractivity contribution in [2.45, 2.75) is 0 Å². The lowest BCUT2D eigenvalue weighted by Gasteiger charge is -1.92. The SMILES string of the molecule is C1=CC(=Cc2ccc(/C=C3/C=CC(/C=C4\C=CC=N4)=N3)[nH]2)N=C1.Cl. The Bertz CT molecular complexity index is 887. The van der Waals surface area contributed by atoms with Crippen LogP contribution in [0.3, 0.4) is 0 Å². The fourth-order valence-corrected chi connectivity index (χ4v) is 2.42. The molecule has 1 aromatic heterocycles.